The second-order valence-corrected chi connectivity index (χ2v) is 12.0. The number of carbonyl (C=O) groups is 3. The number of nitrogens with one attached hydrogen (secondary N) is 4. The first kappa shape index (κ1) is 36.7. The second kappa shape index (κ2) is 19.0. The van der Waals surface area contributed by atoms with Crippen LogP contribution < -0.4 is 21.3 Å². The molecule has 1 aromatic rings. The van der Waals surface area contributed by atoms with Crippen molar-refractivity contribution in [1.29, 1.82) is 0 Å². The van der Waals surface area contributed by atoms with Crippen molar-refractivity contribution in [1.82, 2.24) is 35.7 Å². The molecule has 3 rings (SSSR count). The average molecular weight is 642 g/mol. The van der Waals surface area contributed by atoms with Gasteiger partial charge >= 0.3 is 6.03 Å². The minimum atomic E-state index is -1.08. The van der Waals surface area contributed by atoms with E-state index in [1.54, 1.807) is 11.0 Å². The van der Waals surface area contributed by atoms with Gasteiger partial charge in [0.1, 0.15) is 12.0 Å². The zero-order chi connectivity index (χ0) is 33.5. The van der Waals surface area contributed by atoms with Crippen molar-refractivity contribution in [3.8, 4) is 0 Å². The molecule has 4 N–H and O–H groups in total. The number of urea groups is 1. The fraction of sp³-hybridized carbons (Fsp3) is 0.588. The summed E-state index contributed by atoms with van der Waals surface area (Å²) >= 11 is 0. The predicted molar refractivity (Wildman–Crippen MR) is 179 cm³/mol. The van der Waals surface area contributed by atoms with Gasteiger partial charge in [-0.25, -0.2) is 14.2 Å². The monoisotopic (exact) mass is 641 g/mol. The third kappa shape index (κ3) is 10.7. The molecule has 0 spiro atoms. The number of aromatic nitrogens is 2. The Morgan fingerprint density at radius 2 is 2.02 bits per heavy atom. The smallest absolute Gasteiger partial charge is 0.318 e. The van der Waals surface area contributed by atoms with Gasteiger partial charge in [0.2, 0.25) is 12.3 Å². The molecule has 3 heterocycles. The Hall–Kier alpha value is -3.77. The van der Waals surface area contributed by atoms with E-state index < -0.39 is 18.3 Å². The highest BCUT2D eigenvalue weighted by Gasteiger charge is 2.40. The molecule has 1 aromatic heterocycles. The Balaban J connectivity index is 2.02. The summed E-state index contributed by atoms with van der Waals surface area (Å²) in [7, 11) is 0. The molecule has 12 heteroatoms. The maximum absolute atomic E-state index is 15.1. The number of ether oxygens (including phenoxy) is 1. The molecule has 2 aliphatic heterocycles. The number of halogens is 1. The molecule has 2 fully saturated rings. The predicted octanol–water partition coefficient (Wildman–Crippen LogP) is 3.67. The largest absolute Gasteiger partial charge is 0.381 e. The van der Waals surface area contributed by atoms with E-state index in [4.69, 9.17) is 9.72 Å². The lowest BCUT2D eigenvalue weighted by molar-refractivity contribution is -0.121. The Kier molecular flexibility index (Phi) is 15.2. The highest BCUT2D eigenvalue weighted by molar-refractivity contribution is 5.77. The Labute approximate surface area is 272 Å². The first-order chi connectivity index (χ1) is 22.2. The van der Waals surface area contributed by atoms with Gasteiger partial charge in [-0.05, 0) is 57.6 Å². The van der Waals surface area contributed by atoms with Crippen molar-refractivity contribution in [2.45, 2.75) is 71.8 Å². The molecule has 0 bridgehead atoms. The van der Waals surface area contributed by atoms with Gasteiger partial charge < -0.3 is 35.5 Å². The van der Waals surface area contributed by atoms with E-state index in [0.29, 0.717) is 32.7 Å². The van der Waals surface area contributed by atoms with Crippen LogP contribution in [0.1, 0.15) is 64.5 Å². The van der Waals surface area contributed by atoms with Crippen molar-refractivity contribution < 1.29 is 23.5 Å². The van der Waals surface area contributed by atoms with Crippen molar-refractivity contribution in [2.24, 2.45) is 11.8 Å². The summed E-state index contributed by atoms with van der Waals surface area (Å²) in [5.41, 5.74) is 2.90. The molecule has 0 aromatic carbocycles. The molecule has 11 nitrogen and oxygen atoms in total. The lowest BCUT2D eigenvalue weighted by Crippen LogP contribution is -2.52. The van der Waals surface area contributed by atoms with Crippen LogP contribution in [0.5, 0.6) is 0 Å². The van der Waals surface area contributed by atoms with E-state index >= 15 is 4.39 Å². The van der Waals surface area contributed by atoms with Gasteiger partial charge in [-0.15, -0.1) is 0 Å². The van der Waals surface area contributed by atoms with Gasteiger partial charge in [0, 0.05) is 77.1 Å². The lowest BCUT2D eigenvalue weighted by atomic mass is 9.89. The molecule has 0 saturated carbocycles. The highest BCUT2D eigenvalue weighted by atomic mass is 19.1. The maximum Gasteiger partial charge on any atom is 0.318 e. The third-order valence-electron chi connectivity index (χ3n) is 8.63. The fourth-order valence-corrected chi connectivity index (χ4v) is 5.80. The van der Waals surface area contributed by atoms with E-state index in [1.165, 1.54) is 0 Å². The molecular formula is C34H52FN7O4. The first-order valence-corrected chi connectivity index (χ1v) is 16.3. The SMILES string of the molecule is C=C/C=C\C(=C/C)Cn1cc(/C(C)=C/C)nc1C(C1CCOCC1)N(CC1CNCC1F)C(=O)N[C@@H](C)CNC(=O)CCNC=O. The normalized spacial score (nSPS) is 20.7. The van der Waals surface area contributed by atoms with Crippen LogP contribution >= 0.6 is 0 Å². The number of nitrogens with zero attached hydrogens (tertiary/aromatic N) is 3. The maximum atomic E-state index is 15.1. The Bertz CT molecular complexity index is 1250. The first-order valence-electron chi connectivity index (χ1n) is 16.3. The number of amides is 4. The van der Waals surface area contributed by atoms with E-state index in [0.717, 1.165) is 35.5 Å². The molecule has 2 saturated heterocycles. The number of carbonyl (C=O) groups excluding carboxylic acids is 3. The van der Waals surface area contributed by atoms with Crippen LogP contribution in [0.4, 0.5) is 9.18 Å². The summed E-state index contributed by atoms with van der Waals surface area (Å²) in [6.45, 7) is 14.6. The number of allylic oxidation sites excluding steroid dienone is 7. The zero-order valence-corrected chi connectivity index (χ0v) is 27.8. The molecule has 4 atom stereocenters. The summed E-state index contributed by atoms with van der Waals surface area (Å²) in [6, 6.07) is -1.19. The van der Waals surface area contributed by atoms with Gasteiger partial charge in [0.15, 0.2) is 0 Å². The van der Waals surface area contributed by atoms with E-state index in [9.17, 15) is 14.4 Å². The fourth-order valence-electron chi connectivity index (χ4n) is 5.80. The van der Waals surface area contributed by atoms with Crippen LogP contribution in [0, 0.1) is 11.8 Å². The van der Waals surface area contributed by atoms with Gasteiger partial charge in [-0.2, -0.15) is 0 Å². The van der Waals surface area contributed by atoms with Gasteiger partial charge in [-0.1, -0.05) is 37.0 Å². The van der Waals surface area contributed by atoms with Crippen LogP contribution in [-0.2, 0) is 20.9 Å². The van der Waals surface area contributed by atoms with Gasteiger partial charge in [0.05, 0.1) is 11.7 Å². The molecule has 46 heavy (non-hydrogen) atoms. The quantitative estimate of drug-likeness (QED) is 0.117. The van der Waals surface area contributed by atoms with Crippen molar-refractivity contribution in [3.05, 3.63) is 60.2 Å². The van der Waals surface area contributed by atoms with E-state index in [2.05, 4.69) is 32.4 Å². The lowest BCUT2D eigenvalue weighted by Gasteiger charge is -2.40. The van der Waals surface area contributed by atoms with E-state index in [1.807, 2.05) is 58.2 Å². The summed E-state index contributed by atoms with van der Waals surface area (Å²) in [6.07, 6.45) is 12.8. The molecule has 0 aliphatic carbocycles. The molecule has 3 unspecified atom stereocenters. The van der Waals surface area contributed by atoms with Crippen LogP contribution in [0.3, 0.4) is 0 Å². The second-order valence-electron chi connectivity index (χ2n) is 12.0. The minimum absolute atomic E-state index is 0.0323. The number of imidazole rings is 1. The third-order valence-corrected chi connectivity index (χ3v) is 8.63. The Morgan fingerprint density at radius 1 is 1.26 bits per heavy atom. The highest BCUT2D eigenvalue weighted by Crippen LogP contribution is 2.37. The summed E-state index contributed by atoms with van der Waals surface area (Å²) < 4.78 is 23.0. The number of rotatable bonds is 17. The summed E-state index contributed by atoms with van der Waals surface area (Å²) in [5.74, 6) is 0.165. The van der Waals surface area contributed by atoms with Crippen molar-refractivity contribution >= 4 is 23.9 Å². The van der Waals surface area contributed by atoms with Crippen molar-refractivity contribution in [2.75, 3.05) is 45.9 Å². The summed E-state index contributed by atoms with van der Waals surface area (Å²) in [5, 5.41) is 11.5. The van der Waals surface area contributed by atoms with Crippen molar-refractivity contribution in [3.63, 3.8) is 0 Å². The molecular weight excluding hydrogens is 589 g/mol. The zero-order valence-electron chi connectivity index (χ0n) is 27.8. The number of hydrogen-bond donors (Lipinski definition) is 4. The van der Waals surface area contributed by atoms with E-state index in [-0.39, 0.29) is 56.4 Å². The summed E-state index contributed by atoms with van der Waals surface area (Å²) in [4.78, 5) is 43.9. The number of hydrogen-bond acceptors (Lipinski definition) is 6. The van der Waals surface area contributed by atoms with Crippen LogP contribution in [0.25, 0.3) is 5.57 Å². The number of alkyl halides is 1. The minimum Gasteiger partial charge on any atom is -0.381 e. The average Bonchev–Trinajstić information content (AvgIpc) is 3.67. The molecule has 254 valence electrons. The van der Waals surface area contributed by atoms with Gasteiger partial charge in [0.25, 0.3) is 0 Å². The molecule has 4 amide bonds. The molecule has 0 radical (unpaired) electrons. The van der Waals surface area contributed by atoms with Gasteiger partial charge in [-0.3, -0.25) is 9.59 Å². The van der Waals surface area contributed by atoms with Crippen LogP contribution in [0.15, 0.2) is 48.7 Å². The standard InChI is InChI=1S/C34H52FN7O4/c1-6-9-10-26(8-3)20-41-22-30(24(4)7-2)40-33(41)32(27-12-15-46-16-13-27)42(21-28-18-37-19-29(28)35)34(45)39-25(5)17-38-31(44)11-14-36-23-43/h6-10,22-23,25,27-29,32,37H,1,11-21H2,2-5H3,(H,36,43)(H,38,44)(H,39,45)/b10-9-,24-7+,26-8+/t25-,28?,29?,32?/m0/s1. The van der Waals surface area contributed by atoms with Crippen LogP contribution in [-0.4, -0.2) is 91.0 Å². The Morgan fingerprint density at radius 3 is 2.65 bits per heavy atom. The van der Waals surface area contributed by atoms with Crippen LogP contribution in [0.2, 0.25) is 0 Å². The molecule has 2 aliphatic rings. The topological polar surface area (TPSA) is 130 Å².